The molecular weight excluding hydrogens is 540 g/mol. The van der Waals surface area contributed by atoms with Crippen LogP contribution in [0.1, 0.15) is 103 Å². The fourth-order valence-corrected chi connectivity index (χ4v) is 3.90. The van der Waals surface area contributed by atoms with Crippen LogP contribution in [0.4, 0.5) is 14.5 Å². The van der Waals surface area contributed by atoms with Gasteiger partial charge in [-0.2, -0.15) is 0 Å². The molecule has 42 heavy (non-hydrogen) atoms. The molecule has 0 spiro atoms. The van der Waals surface area contributed by atoms with Crippen LogP contribution < -0.4 is 10.6 Å². The van der Waals surface area contributed by atoms with Crippen molar-refractivity contribution in [3.05, 3.63) is 52.2 Å². The Kier molecular flexibility index (Phi) is 15.7. The zero-order chi connectivity index (χ0) is 32.0. The second-order valence-electron chi connectivity index (χ2n) is 11.0. The summed E-state index contributed by atoms with van der Waals surface area (Å²) in [6.07, 6.45) is 7.62. The van der Waals surface area contributed by atoms with Crippen molar-refractivity contribution in [2.45, 2.75) is 112 Å². The first-order valence-electron chi connectivity index (χ1n) is 14.6. The van der Waals surface area contributed by atoms with Gasteiger partial charge in [-0.15, -0.1) is 0 Å². The number of aryl methyl sites for hydroxylation is 1. The molecule has 0 aliphatic carbocycles. The Morgan fingerprint density at radius 3 is 2.40 bits per heavy atom. The molecule has 0 amide bonds. The van der Waals surface area contributed by atoms with Gasteiger partial charge in [-0.05, 0) is 83.9 Å². The number of carbonyl (C=O) groups excluding carboxylic acids is 1. The molecule has 1 fully saturated rings. The number of hydrogen-bond donors (Lipinski definition) is 2. The maximum atomic E-state index is 13.2. The third-order valence-electron chi connectivity index (χ3n) is 6.32. The third kappa shape index (κ3) is 13.3. The van der Waals surface area contributed by atoms with Gasteiger partial charge in [0.25, 0.3) is 0 Å². The van der Waals surface area contributed by atoms with Crippen LogP contribution in [-0.2, 0) is 4.74 Å². The first-order valence-corrected chi connectivity index (χ1v) is 14.6. The minimum Gasteiger partial charge on any atom is -0.366 e. The lowest BCUT2D eigenvalue weighted by atomic mass is 10.0. The Morgan fingerprint density at radius 1 is 1.21 bits per heavy atom. The first kappa shape index (κ1) is 37.0. The van der Waals surface area contributed by atoms with Gasteiger partial charge in [-0.1, -0.05) is 45.9 Å². The molecule has 1 aromatic carbocycles. The zero-order valence-corrected chi connectivity index (χ0v) is 26.4. The molecule has 1 saturated heterocycles. The number of ether oxygens (including phenoxy) is 1. The van der Waals surface area contributed by atoms with Gasteiger partial charge in [0.2, 0.25) is 6.43 Å². The summed E-state index contributed by atoms with van der Waals surface area (Å²) >= 11 is 0. The van der Waals surface area contributed by atoms with Crippen LogP contribution in [0.15, 0.2) is 40.4 Å². The van der Waals surface area contributed by atoms with E-state index in [1.807, 2.05) is 61.3 Å². The van der Waals surface area contributed by atoms with Crippen molar-refractivity contribution in [1.82, 2.24) is 4.57 Å². The molecular formula is C33H49F2N3O4. The second kappa shape index (κ2) is 17.8. The van der Waals surface area contributed by atoms with Crippen molar-refractivity contribution in [3.63, 3.8) is 0 Å². The van der Waals surface area contributed by atoms with Crippen molar-refractivity contribution < 1.29 is 28.5 Å². The quantitative estimate of drug-likeness (QED) is 0.198. The van der Waals surface area contributed by atoms with Crippen LogP contribution in [0.3, 0.4) is 0 Å². The van der Waals surface area contributed by atoms with E-state index in [0.717, 1.165) is 60.1 Å². The van der Waals surface area contributed by atoms with E-state index < -0.39 is 18.3 Å². The molecule has 1 aromatic heterocycles. The molecule has 1 aliphatic heterocycles. The molecule has 9 heteroatoms. The summed E-state index contributed by atoms with van der Waals surface area (Å²) in [6.45, 7) is 18.1. The molecule has 2 aromatic rings. The molecule has 234 valence electrons. The van der Waals surface area contributed by atoms with Gasteiger partial charge in [0, 0.05) is 40.5 Å². The fourth-order valence-electron chi connectivity index (χ4n) is 3.90. The van der Waals surface area contributed by atoms with Gasteiger partial charge in [0.1, 0.15) is 12.3 Å². The largest absolute Gasteiger partial charge is 0.366 e. The van der Waals surface area contributed by atoms with Crippen LogP contribution in [0, 0.1) is 12.8 Å². The van der Waals surface area contributed by atoms with Crippen molar-refractivity contribution in [2.75, 3.05) is 0 Å². The van der Waals surface area contributed by atoms with Gasteiger partial charge >= 0.3 is 0 Å². The molecule has 3 unspecified atom stereocenters. The highest BCUT2D eigenvalue weighted by Gasteiger charge is 2.32. The van der Waals surface area contributed by atoms with E-state index in [0.29, 0.717) is 17.9 Å². The van der Waals surface area contributed by atoms with Crippen LogP contribution in [-0.4, -0.2) is 51.3 Å². The summed E-state index contributed by atoms with van der Waals surface area (Å²) in [6, 6.07) is 7.76. The highest BCUT2D eigenvalue weighted by Crippen LogP contribution is 2.30. The number of benzene rings is 1. The van der Waals surface area contributed by atoms with Crippen molar-refractivity contribution in [3.8, 4) is 0 Å². The number of halogens is 2. The van der Waals surface area contributed by atoms with Crippen LogP contribution in [0.25, 0.3) is 12.3 Å². The van der Waals surface area contributed by atoms with E-state index in [1.165, 1.54) is 13.8 Å². The number of nitrogens with zero attached hydrogens (tertiary/aromatic N) is 3. The number of rotatable bonds is 9. The molecule has 7 nitrogen and oxygen atoms in total. The third-order valence-corrected chi connectivity index (χ3v) is 6.32. The van der Waals surface area contributed by atoms with Crippen molar-refractivity contribution in [1.29, 1.82) is 0 Å². The van der Waals surface area contributed by atoms with Crippen molar-refractivity contribution >= 4 is 36.2 Å². The molecule has 1 aliphatic rings. The fraction of sp³-hybridized carbons (Fsp3) is 0.545. The first-order chi connectivity index (χ1) is 19.6. The van der Waals surface area contributed by atoms with Crippen molar-refractivity contribution in [2.24, 2.45) is 15.9 Å². The highest BCUT2D eigenvalue weighted by molar-refractivity contribution is 6.00. The summed E-state index contributed by atoms with van der Waals surface area (Å²) in [5, 5.41) is 18.0. The number of hydrogen-bond acceptors (Lipinski definition) is 6. The number of ketones is 1. The maximum absolute atomic E-state index is 13.2. The smallest absolute Gasteiger partial charge is 0.235 e. The lowest BCUT2D eigenvalue weighted by Crippen LogP contribution is -2.31. The predicted octanol–water partition coefficient (Wildman–Crippen LogP) is 6.49. The number of aliphatic hydroxyl groups is 2. The molecule has 3 rings (SSSR count). The number of carbonyl (C=O) groups is 1. The number of unbranched alkanes of at least 4 members (excludes halogenated alkanes) is 1. The van der Waals surface area contributed by atoms with Gasteiger partial charge in [0.05, 0.1) is 5.69 Å². The number of Topliss-reactive ketones (excluding diaryl/α,β-unsaturated/α-hetero) is 1. The normalized spacial score (nSPS) is 18.5. The summed E-state index contributed by atoms with van der Waals surface area (Å²) in [5.41, 5.74) is 3.51. The lowest BCUT2D eigenvalue weighted by molar-refractivity contribution is -0.127. The zero-order valence-electron chi connectivity index (χ0n) is 26.4. The molecule has 3 atom stereocenters. The van der Waals surface area contributed by atoms with E-state index in [9.17, 15) is 13.6 Å². The minimum atomic E-state index is -2.17. The Hall–Kier alpha value is -3.01. The van der Waals surface area contributed by atoms with Crippen LogP contribution in [0.2, 0.25) is 0 Å². The summed E-state index contributed by atoms with van der Waals surface area (Å²) < 4.78 is 28.9. The SMILES string of the molecule is C=c1/c(=C(/C)N=CCCC)ccn1C1CCC(C(=O)c2ccc(C)c(N=CC(C)CC)c2)O1.CC(C)(O)O.CC(F)F. The second-order valence-corrected chi connectivity index (χ2v) is 11.0. The van der Waals surface area contributed by atoms with Gasteiger partial charge in [-0.25, -0.2) is 8.78 Å². The molecule has 0 radical (unpaired) electrons. The number of alkyl halides is 2. The lowest BCUT2D eigenvalue weighted by Gasteiger charge is -2.15. The maximum Gasteiger partial charge on any atom is 0.235 e. The van der Waals surface area contributed by atoms with E-state index in [-0.39, 0.29) is 12.0 Å². The van der Waals surface area contributed by atoms with E-state index in [1.54, 1.807) is 0 Å². The number of aliphatic imine (C=N–C) groups is 2. The van der Waals surface area contributed by atoms with E-state index in [4.69, 9.17) is 14.9 Å². The molecule has 2 N–H and O–H groups in total. The predicted molar refractivity (Wildman–Crippen MR) is 168 cm³/mol. The van der Waals surface area contributed by atoms with E-state index >= 15 is 0 Å². The average Bonchev–Trinajstić information content (AvgIpc) is 3.53. The van der Waals surface area contributed by atoms with Gasteiger partial charge in [0.15, 0.2) is 11.6 Å². The molecule has 2 heterocycles. The van der Waals surface area contributed by atoms with E-state index in [2.05, 4.69) is 37.3 Å². The van der Waals surface area contributed by atoms with Crippen LogP contribution >= 0.6 is 0 Å². The molecule has 0 bridgehead atoms. The van der Waals surface area contributed by atoms with Gasteiger partial charge in [-0.3, -0.25) is 14.8 Å². The minimum absolute atomic E-state index is 0.0161. The summed E-state index contributed by atoms with van der Waals surface area (Å²) in [4.78, 5) is 22.4. The highest BCUT2D eigenvalue weighted by atomic mass is 19.3. The standard InChI is InChI=1S/C28H37N3O2.C3H8O2.C2H4F2/c1-7-9-15-29-21(5)24-14-16-31(22(24)6)27-13-12-26(33-27)28(32)23-11-10-20(4)25(17-23)30-18-19(3)8-2;1-3(2,4)5;1-2(3)4/h10-11,14-19,26-27H,6-9,12-13H2,1-5H3;4-5H,1-2H3;2H,1H3/b24-21-,29-15?,30-18?;;. The average molecular weight is 590 g/mol. The Bertz CT molecular complexity index is 1290. The Morgan fingerprint density at radius 2 is 1.83 bits per heavy atom. The van der Waals surface area contributed by atoms with Crippen LogP contribution in [0.5, 0.6) is 0 Å². The number of aromatic nitrogens is 1. The Balaban J connectivity index is 0.000000856. The summed E-state index contributed by atoms with van der Waals surface area (Å²) in [7, 11) is 0. The Labute approximate surface area is 249 Å². The topological polar surface area (TPSA) is 96.4 Å². The van der Waals surface area contributed by atoms with Gasteiger partial charge < -0.3 is 19.5 Å². The monoisotopic (exact) mass is 589 g/mol. The molecule has 0 saturated carbocycles. The summed E-state index contributed by atoms with van der Waals surface area (Å²) in [5.74, 6) is -1.08.